The number of ether oxygens (including phenoxy) is 1. The van der Waals surface area contributed by atoms with Crippen LogP contribution in [0.25, 0.3) is 10.9 Å². The van der Waals surface area contributed by atoms with Gasteiger partial charge in [-0.1, -0.05) is 11.6 Å². The average molecular weight is 405 g/mol. The summed E-state index contributed by atoms with van der Waals surface area (Å²) in [7, 11) is 1.44. The Labute approximate surface area is 146 Å². The lowest BCUT2D eigenvalue weighted by atomic mass is 10.2. The number of hydrogen-bond acceptors (Lipinski definition) is 5. The first-order valence-corrected chi connectivity index (χ1v) is 8.50. The molecular weight excluding hydrogens is 389 g/mol. The molecule has 1 fully saturated rings. The number of rotatable bonds is 2. The van der Waals surface area contributed by atoms with Gasteiger partial charge >= 0.3 is 6.01 Å². The Balaban J connectivity index is 2.18. The minimum absolute atomic E-state index is 0.102. The zero-order valence-corrected chi connectivity index (χ0v) is 14.9. The maximum Gasteiger partial charge on any atom is 0.318 e. The molecule has 1 aromatic carbocycles. The zero-order valence-electron chi connectivity index (χ0n) is 12.5. The van der Waals surface area contributed by atoms with Crippen molar-refractivity contribution in [1.82, 2.24) is 9.97 Å². The summed E-state index contributed by atoms with van der Waals surface area (Å²) in [6, 6.07) is 1.76. The Hall–Kier alpha value is -1.18. The highest BCUT2D eigenvalue weighted by molar-refractivity contribution is 9.10. The highest BCUT2D eigenvalue weighted by Gasteiger charge is 2.22. The fourth-order valence-electron chi connectivity index (χ4n) is 2.76. The first-order chi connectivity index (χ1) is 11.0. The standard InChI is InChI=1S/C15H16BrClFN3O2/c1-23-15-19-13-9(7-10(17)11(16)12(13)18)14(20-15)21-5-2-3-8(22)4-6-21/h7-8,22H,2-6H2,1H3. The first kappa shape index (κ1) is 16.7. The number of aliphatic hydroxyl groups excluding tert-OH is 1. The van der Waals surface area contributed by atoms with Crippen LogP contribution >= 0.6 is 27.5 Å². The third-order valence-electron chi connectivity index (χ3n) is 3.97. The Kier molecular flexibility index (Phi) is 4.89. The van der Waals surface area contributed by atoms with Gasteiger partial charge in [0.1, 0.15) is 11.3 Å². The SMILES string of the molecule is COc1nc(N2CCCC(O)CC2)c2cc(Cl)c(Br)c(F)c2n1. The van der Waals surface area contributed by atoms with E-state index >= 15 is 0 Å². The minimum atomic E-state index is -0.538. The summed E-state index contributed by atoms with van der Waals surface area (Å²) in [6.07, 6.45) is 1.91. The number of anilines is 1. The predicted octanol–water partition coefficient (Wildman–Crippen LogP) is 3.54. The highest BCUT2D eigenvalue weighted by Crippen LogP contribution is 2.36. The monoisotopic (exact) mass is 403 g/mol. The molecule has 0 radical (unpaired) electrons. The molecule has 1 N–H and O–H groups in total. The van der Waals surface area contributed by atoms with Gasteiger partial charge < -0.3 is 14.7 Å². The van der Waals surface area contributed by atoms with Gasteiger partial charge in [-0.25, -0.2) is 4.39 Å². The van der Waals surface area contributed by atoms with E-state index in [0.29, 0.717) is 24.2 Å². The smallest absolute Gasteiger partial charge is 0.318 e. The summed E-state index contributed by atoms with van der Waals surface area (Å²) in [6.45, 7) is 1.35. The van der Waals surface area contributed by atoms with Crippen LogP contribution in [-0.4, -0.2) is 41.4 Å². The lowest BCUT2D eigenvalue weighted by Crippen LogP contribution is -2.26. The lowest BCUT2D eigenvalue weighted by molar-refractivity contribution is 0.161. The molecule has 1 aliphatic rings. The van der Waals surface area contributed by atoms with Crippen LogP contribution in [0.2, 0.25) is 5.02 Å². The fourth-order valence-corrected chi connectivity index (χ4v) is 3.25. The average Bonchev–Trinajstić information content (AvgIpc) is 2.77. The third kappa shape index (κ3) is 3.22. The van der Waals surface area contributed by atoms with E-state index in [0.717, 1.165) is 19.4 Å². The van der Waals surface area contributed by atoms with Crippen molar-refractivity contribution in [2.24, 2.45) is 0 Å². The summed E-state index contributed by atoms with van der Waals surface area (Å²) < 4.78 is 19.8. The van der Waals surface area contributed by atoms with E-state index in [9.17, 15) is 9.50 Å². The Morgan fingerprint density at radius 2 is 2.17 bits per heavy atom. The molecule has 0 bridgehead atoms. The second-order valence-corrected chi connectivity index (χ2v) is 6.69. The molecule has 2 aromatic rings. The molecule has 124 valence electrons. The van der Waals surface area contributed by atoms with Crippen molar-refractivity contribution in [3.8, 4) is 6.01 Å². The van der Waals surface area contributed by atoms with E-state index < -0.39 is 5.82 Å². The van der Waals surface area contributed by atoms with Crippen LogP contribution < -0.4 is 9.64 Å². The summed E-state index contributed by atoms with van der Waals surface area (Å²) in [5, 5.41) is 10.6. The molecular formula is C15H16BrClFN3O2. The number of aromatic nitrogens is 2. The molecule has 0 amide bonds. The molecule has 1 saturated heterocycles. The Morgan fingerprint density at radius 3 is 2.91 bits per heavy atom. The van der Waals surface area contributed by atoms with Crippen molar-refractivity contribution in [3.63, 3.8) is 0 Å². The quantitative estimate of drug-likeness (QED) is 0.776. The van der Waals surface area contributed by atoms with Gasteiger partial charge in [0, 0.05) is 18.5 Å². The van der Waals surface area contributed by atoms with E-state index in [1.165, 1.54) is 7.11 Å². The van der Waals surface area contributed by atoms with Crippen molar-refractivity contribution in [2.45, 2.75) is 25.4 Å². The van der Waals surface area contributed by atoms with Crippen LogP contribution in [0.4, 0.5) is 10.2 Å². The molecule has 3 rings (SSSR count). The molecule has 0 spiro atoms. The van der Waals surface area contributed by atoms with Crippen LogP contribution in [0, 0.1) is 5.82 Å². The largest absolute Gasteiger partial charge is 0.467 e. The number of aliphatic hydroxyl groups is 1. The van der Waals surface area contributed by atoms with Crippen LogP contribution in [0.5, 0.6) is 6.01 Å². The first-order valence-electron chi connectivity index (χ1n) is 7.33. The highest BCUT2D eigenvalue weighted by atomic mass is 79.9. The molecule has 8 heteroatoms. The summed E-state index contributed by atoms with van der Waals surface area (Å²) in [5.74, 6) is 0.0403. The van der Waals surface area contributed by atoms with Crippen molar-refractivity contribution in [2.75, 3.05) is 25.1 Å². The van der Waals surface area contributed by atoms with Gasteiger partial charge in [0.25, 0.3) is 0 Å². The molecule has 1 aromatic heterocycles. The van der Waals surface area contributed by atoms with Crippen molar-refractivity contribution in [1.29, 1.82) is 0 Å². The van der Waals surface area contributed by atoms with Crippen LogP contribution in [0.15, 0.2) is 10.5 Å². The molecule has 2 heterocycles. The Morgan fingerprint density at radius 1 is 1.39 bits per heavy atom. The van der Waals surface area contributed by atoms with Gasteiger partial charge in [-0.15, -0.1) is 0 Å². The number of nitrogens with zero attached hydrogens (tertiary/aromatic N) is 3. The van der Waals surface area contributed by atoms with Crippen LogP contribution in [0.1, 0.15) is 19.3 Å². The Bertz CT molecular complexity index is 746. The van der Waals surface area contributed by atoms with Gasteiger partial charge in [-0.2, -0.15) is 9.97 Å². The van der Waals surface area contributed by atoms with E-state index in [1.54, 1.807) is 6.07 Å². The van der Waals surface area contributed by atoms with E-state index in [2.05, 4.69) is 25.9 Å². The third-order valence-corrected chi connectivity index (χ3v) is 5.27. The predicted molar refractivity (Wildman–Crippen MR) is 90.8 cm³/mol. The molecule has 5 nitrogen and oxygen atoms in total. The van der Waals surface area contributed by atoms with Gasteiger partial charge in [0.2, 0.25) is 0 Å². The van der Waals surface area contributed by atoms with Gasteiger partial charge in [-0.3, -0.25) is 0 Å². The summed E-state index contributed by atoms with van der Waals surface area (Å²) >= 11 is 9.23. The number of halogens is 3. The topological polar surface area (TPSA) is 58.5 Å². The van der Waals surface area contributed by atoms with Gasteiger partial charge in [0.05, 0.1) is 22.7 Å². The molecule has 1 unspecified atom stereocenters. The maximum atomic E-state index is 14.5. The van der Waals surface area contributed by atoms with E-state index in [-0.39, 0.29) is 27.1 Å². The summed E-state index contributed by atoms with van der Waals surface area (Å²) in [4.78, 5) is 10.5. The fraction of sp³-hybridized carbons (Fsp3) is 0.467. The molecule has 0 aliphatic carbocycles. The molecule has 0 saturated carbocycles. The van der Waals surface area contributed by atoms with Crippen molar-refractivity contribution < 1.29 is 14.2 Å². The minimum Gasteiger partial charge on any atom is -0.467 e. The zero-order chi connectivity index (χ0) is 16.6. The number of hydrogen-bond donors (Lipinski definition) is 1. The molecule has 1 atom stereocenters. The molecule has 1 aliphatic heterocycles. The lowest BCUT2D eigenvalue weighted by Gasteiger charge is -2.23. The van der Waals surface area contributed by atoms with Crippen LogP contribution in [0.3, 0.4) is 0 Å². The van der Waals surface area contributed by atoms with Crippen molar-refractivity contribution >= 4 is 44.3 Å². The normalized spacial score (nSPS) is 19.0. The van der Waals surface area contributed by atoms with E-state index in [4.69, 9.17) is 16.3 Å². The maximum absolute atomic E-state index is 14.5. The van der Waals surface area contributed by atoms with Crippen molar-refractivity contribution in [3.05, 3.63) is 21.4 Å². The van der Waals surface area contributed by atoms with Gasteiger partial charge in [-0.05, 0) is 41.3 Å². The summed E-state index contributed by atoms with van der Waals surface area (Å²) in [5.41, 5.74) is 0.160. The van der Waals surface area contributed by atoms with Gasteiger partial charge in [0.15, 0.2) is 5.82 Å². The second kappa shape index (κ2) is 6.75. The number of benzene rings is 1. The number of methoxy groups -OCH3 is 1. The van der Waals surface area contributed by atoms with Crippen LogP contribution in [-0.2, 0) is 0 Å². The second-order valence-electron chi connectivity index (χ2n) is 5.49. The van der Waals surface area contributed by atoms with E-state index in [1.807, 2.05) is 4.90 Å². The molecule has 23 heavy (non-hydrogen) atoms. The number of fused-ring (bicyclic) bond motifs is 1.